The van der Waals surface area contributed by atoms with E-state index in [0.717, 1.165) is 35.5 Å². The van der Waals surface area contributed by atoms with Gasteiger partial charge in [-0.05, 0) is 61.7 Å². The average molecular weight is 338 g/mol. The van der Waals surface area contributed by atoms with Gasteiger partial charge in [0.05, 0.1) is 13.2 Å². The SMILES string of the molecule is CCOc1ccc(N(Cc2ccc(N(C)C)cc2)C(=O)C2CC2)cc1. The number of hydrogen-bond acceptors (Lipinski definition) is 3. The van der Waals surface area contributed by atoms with E-state index in [1.54, 1.807) is 0 Å². The second-order valence-electron chi connectivity index (χ2n) is 6.69. The molecule has 25 heavy (non-hydrogen) atoms. The summed E-state index contributed by atoms with van der Waals surface area (Å²) in [6.07, 6.45) is 2.01. The molecular weight excluding hydrogens is 312 g/mol. The standard InChI is InChI=1S/C21H26N2O2/c1-4-25-20-13-11-19(12-14-20)23(21(24)17-7-8-17)15-16-5-9-18(10-6-16)22(2)3/h5-6,9-14,17H,4,7-8,15H2,1-3H3. The third-order valence-electron chi connectivity index (χ3n) is 4.45. The van der Waals surface area contributed by atoms with Crippen LogP contribution in [-0.4, -0.2) is 26.6 Å². The van der Waals surface area contributed by atoms with Crippen molar-refractivity contribution in [3.63, 3.8) is 0 Å². The highest BCUT2D eigenvalue weighted by Gasteiger charge is 2.34. The first-order valence-corrected chi connectivity index (χ1v) is 8.89. The molecule has 0 spiro atoms. The molecule has 1 aliphatic rings. The molecule has 0 atom stereocenters. The predicted molar refractivity (Wildman–Crippen MR) is 102 cm³/mol. The van der Waals surface area contributed by atoms with Gasteiger partial charge in [-0.3, -0.25) is 4.79 Å². The van der Waals surface area contributed by atoms with Crippen LogP contribution in [0.2, 0.25) is 0 Å². The molecule has 2 aromatic carbocycles. The second kappa shape index (κ2) is 7.60. The lowest BCUT2D eigenvalue weighted by atomic mass is 10.1. The molecule has 0 aliphatic heterocycles. The zero-order valence-corrected chi connectivity index (χ0v) is 15.2. The van der Waals surface area contributed by atoms with Crippen LogP contribution in [-0.2, 0) is 11.3 Å². The second-order valence-corrected chi connectivity index (χ2v) is 6.69. The van der Waals surface area contributed by atoms with Crippen LogP contribution in [0, 0.1) is 5.92 Å². The molecular formula is C21H26N2O2. The molecule has 0 saturated heterocycles. The molecule has 0 aromatic heterocycles. The summed E-state index contributed by atoms with van der Waals surface area (Å²) in [5, 5.41) is 0. The van der Waals surface area contributed by atoms with Crippen LogP contribution >= 0.6 is 0 Å². The molecule has 0 heterocycles. The fourth-order valence-corrected chi connectivity index (χ4v) is 2.82. The highest BCUT2D eigenvalue weighted by molar-refractivity contribution is 5.96. The molecule has 1 amide bonds. The summed E-state index contributed by atoms with van der Waals surface area (Å²) in [6.45, 7) is 3.20. The molecule has 1 aliphatic carbocycles. The summed E-state index contributed by atoms with van der Waals surface area (Å²) in [5.74, 6) is 1.24. The number of nitrogens with zero attached hydrogens (tertiary/aromatic N) is 2. The summed E-state index contributed by atoms with van der Waals surface area (Å²) in [5.41, 5.74) is 3.22. The highest BCUT2D eigenvalue weighted by atomic mass is 16.5. The Hall–Kier alpha value is -2.49. The van der Waals surface area contributed by atoms with E-state index in [1.807, 2.05) is 50.2 Å². The third-order valence-corrected chi connectivity index (χ3v) is 4.45. The number of anilines is 2. The van der Waals surface area contributed by atoms with Crippen molar-refractivity contribution in [1.82, 2.24) is 0 Å². The number of carbonyl (C=O) groups is 1. The lowest BCUT2D eigenvalue weighted by molar-refractivity contribution is -0.119. The van der Waals surface area contributed by atoms with Gasteiger partial charge in [-0.1, -0.05) is 12.1 Å². The Morgan fingerprint density at radius 2 is 1.60 bits per heavy atom. The first kappa shape index (κ1) is 17.3. The van der Waals surface area contributed by atoms with Crippen molar-refractivity contribution in [1.29, 1.82) is 0 Å². The van der Waals surface area contributed by atoms with Crippen molar-refractivity contribution in [3.05, 3.63) is 54.1 Å². The molecule has 4 nitrogen and oxygen atoms in total. The van der Waals surface area contributed by atoms with Gasteiger partial charge in [0.1, 0.15) is 5.75 Å². The van der Waals surface area contributed by atoms with Crippen molar-refractivity contribution < 1.29 is 9.53 Å². The van der Waals surface area contributed by atoms with Crippen LogP contribution in [0.5, 0.6) is 5.75 Å². The monoisotopic (exact) mass is 338 g/mol. The maximum absolute atomic E-state index is 12.8. The molecule has 3 rings (SSSR count). The molecule has 0 unspecified atom stereocenters. The summed E-state index contributed by atoms with van der Waals surface area (Å²) in [7, 11) is 4.05. The zero-order valence-electron chi connectivity index (χ0n) is 15.2. The van der Waals surface area contributed by atoms with Gasteiger partial charge in [-0.2, -0.15) is 0 Å². The summed E-state index contributed by atoms with van der Waals surface area (Å²) in [6, 6.07) is 16.2. The van der Waals surface area contributed by atoms with Gasteiger partial charge in [0.25, 0.3) is 0 Å². The predicted octanol–water partition coefficient (Wildman–Crippen LogP) is 4.09. The average Bonchev–Trinajstić information content (AvgIpc) is 3.46. The zero-order chi connectivity index (χ0) is 17.8. The first-order valence-electron chi connectivity index (χ1n) is 8.89. The van der Waals surface area contributed by atoms with Crippen LogP contribution in [0.3, 0.4) is 0 Å². The smallest absolute Gasteiger partial charge is 0.230 e. The van der Waals surface area contributed by atoms with Crippen LogP contribution in [0.15, 0.2) is 48.5 Å². The van der Waals surface area contributed by atoms with Gasteiger partial charge in [0.15, 0.2) is 0 Å². The minimum atomic E-state index is 0.188. The number of hydrogen-bond donors (Lipinski definition) is 0. The van der Waals surface area contributed by atoms with E-state index in [-0.39, 0.29) is 11.8 Å². The molecule has 0 N–H and O–H groups in total. The largest absolute Gasteiger partial charge is 0.494 e. The van der Waals surface area contributed by atoms with Gasteiger partial charge >= 0.3 is 0 Å². The van der Waals surface area contributed by atoms with Crippen LogP contribution in [0.1, 0.15) is 25.3 Å². The van der Waals surface area contributed by atoms with Gasteiger partial charge < -0.3 is 14.5 Å². The van der Waals surface area contributed by atoms with E-state index in [4.69, 9.17) is 4.74 Å². The summed E-state index contributed by atoms with van der Waals surface area (Å²) >= 11 is 0. The van der Waals surface area contributed by atoms with Crippen molar-refractivity contribution in [3.8, 4) is 5.75 Å². The fraction of sp³-hybridized carbons (Fsp3) is 0.381. The van der Waals surface area contributed by atoms with E-state index in [2.05, 4.69) is 29.2 Å². The van der Waals surface area contributed by atoms with Crippen molar-refractivity contribution in [2.75, 3.05) is 30.5 Å². The van der Waals surface area contributed by atoms with Gasteiger partial charge in [-0.15, -0.1) is 0 Å². The molecule has 2 aromatic rings. The third kappa shape index (κ3) is 4.32. The Bertz CT molecular complexity index is 704. The van der Waals surface area contributed by atoms with Gasteiger partial charge in [0, 0.05) is 31.4 Å². The van der Waals surface area contributed by atoms with Crippen LogP contribution in [0.25, 0.3) is 0 Å². The minimum Gasteiger partial charge on any atom is -0.494 e. The maximum atomic E-state index is 12.8. The summed E-state index contributed by atoms with van der Waals surface area (Å²) < 4.78 is 5.51. The number of ether oxygens (including phenoxy) is 1. The van der Waals surface area contributed by atoms with E-state index in [1.165, 1.54) is 0 Å². The molecule has 132 valence electrons. The lowest BCUT2D eigenvalue weighted by Crippen LogP contribution is -2.31. The Balaban J connectivity index is 1.80. The van der Waals surface area contributed by atoms with E-state index < -0.39 is 0 Å². The first-order chi connectivity index (χ1) is 12.1. The topological polar surface area (TPSA) is 32.8 Å². The van der Waals surface area contributed by atoms with Crippen LogP contribution in [0.4, 0.5) is 11.4 Å². The van der Waals surface area contributed by atoms with Crippen molar-refractivity contribution >= 4 is 17.3 Å². The number of carbonyl (C=O) groups excluding carboxylic acids is 1. The normalized spacial score (nSPS) is 13.4. The lowest BCUT2D eigenvalue weighted by Gasteiger charge is -2.24. The fourth-order valence-electron chi connectivity index (χ4n) is 2.82. The van der Waals surface area contributed by atoms with Crippen LogP contribution < -0.4 is 14.5 Å². The summed E-state index contributed by atoms with van der Waals surface area (Å²) in [4.78, 5) is 16.8. The maximum Gasteiger partial charge on any atom is 0.230 e. The van der Waals surface area contributed by atoms with E-state index >= 15 is 0 Å². The Labute approximate surface area is 150 Å². The number of rotatable bonds is 7. The minimum absolute atomic E-state index is 0.188. The number of amides is 1. The van der Waals surface area contributed by atoms with E-state index in [9.17, 15) is 4.79 Å². The van der Waals surface area contributed by atoms with E-state index in [0.29, 0.717) is 13.2 Å². The molecule has 1 fully saturated rings. The Morgan fingerprint density at radius 1 is 1.00 bits per heavy atom. The Kier molecular flexibility index (Phi) is 5.27. The van der Waals surface area contributed by atoms with Crippen molar-refractivity contribution in [2.45, 2.75) is 26.3 Å². The quantitative estimate of drug-likeness (QED) is 0.762. The molecule has 0 bridgehead atoms. The molecule has 4 heteroatoms. The Morgan fingerprint density at radius 3 is 2.12 bits per heavy atom. The van der Waals surface area contributed by atoms with Gasteiger partial charge in [0.2, 0.25) is 5.91 Å². The molecule has 1 saturated carbocycles. The highest BCUT2D eigenvalue weighted by Crippen LogP contribution is 2.34. The number of benzene rings is 2. The van der Waals surface area contributed by atoms with Gasteiger partial charge in [-0.25, -0.2) is 0 Å². The van der Waals surface area contributed by atoms with Crippen molar-refractivity contribution in [2.24, 2.45) is 5.92 Å². The molecule has 0 radical (unpaired) electrons.